The summed E-state index contributed by atoms with van der Waals surface area (Å²) in [6, 6.07) is 10.1. The summed E-state index contributed by atoms with van der Waals surface area (Å²) in [5.74, 6) is 5.98. The number of hydrogen-bond donors (Lipinski definition) is 3. The van der Waals surface area contributed by atoms with Gasteiger partial charge >= 0.3 is 0 Å². The fraction of sp³-hybridized carbons (Fsp3) is 0.0833. The summed E-state index contributed by atoms with van der Waals surface area (Å²) in [7, 11) is 0. The van der Waals surface area contributed by atoms with Gasteiger partial charge in [-0.2, -0.15) is 0 Å². The summed E-state index contributed by atoms with van der Waals surface area (Å²) in [5, 5.41) is 2.91. The molecule has 2 rings (SSSR count). The van der Waals surface area contributed by atoms with E-state index in [4.69, 9.17) is 5.84 Å². The molecule has 0 aliphatic rings. The molecule has 0 saturated heterocycles. The SMILES string of the molecule is Cc1ccc(F)c(Nc2cccc(NN)n2)c1. The molecule has 4 N–H and O–H groups in total. The van der Waals surface area contributed by atoms with Gasteiger partial charge in [-0.1, -0.05) is 12.1 Å². The number of nitrogens with one attached hydrogen (secondary N) is 2. The second kappa shape index (κ2) is 4.80. The third-order valence-electron chi connectivity index (χ3n) is 2.28. The maximum Gasteiger partial charge on any atom is 0.146 e. The first-order valence-electron chi connectivity index (χ1n) is 5.16. The highest BCUT2D eigenvalue weighted by molar-refractivity contribution is 5.59. The third-order valence-corrected chi connectivity index (χ3v) is 2.28. The number of nitrogens with zero attached hydrogens (tertiary/aromatic N) is 1. The normalized spacial score (nSPS) is 10.1. The number of aromatic nitrogens is 1. The van der Waals surface area contributed by atoms with Crippen LogP contribution in [0.3, 0.4) is 0 Å². The summed E-state index contributed by atoms with van der Waals surface area (Å²) in [6.07, 6.45) is 0. The van der Waals surface area contributed by atoms with Crippen molar-refractivity contribution in [3.63, 3.8) is 0 Å². The Morgan fingerprint density at radius 2 is 1.94 bits per heavy atom. The van der Waals surface area contributed by atoms with E-state index < -0.39 is 0 Å². The third kappa shape index (κ3) is 2.70. The lowest BCUT2D eigenvalue weighted by Gasteiger charge is -2.08. The number of benzene rings is 1. The molecular formula is C12H13FN4. The van der Waals surface area contributed by atoms with Gasteiger partial charge in [-0.25, -0.2) is 15.2 Å². The Morgan fingerprint density at radius 3 is 2.71 bits per heavy atom. The zero-order valence-corrected chi connectivity index (χ0v) is 9.37. The van der Waals surface area contributed by atoms with Gasteiger partial charge < -0.3 is 10.7 Å². The van der Waals surface area contributed by atoms with E-state index in [1.54, 1.807) is 30.3 Å². The van der Waals surface area contributed by atoms with E-state index in [-0.39, 0.29) is 5.82 Å². The maximum atomic E-state index is 13.5. The molecule has 2 aromatic rings. The quantitative estimate of drug-likeness (QED) is 0.562. The molecule has 5 heteroatoms. The number of pyridine rings is 1. The molecule has 0 spiro atoms. The van der Waals surface area contributed by atoms with Crippen molar-refractivity contribution >= 4 is 17.3 Å². The molecule has 0 aliphatic heterocycles. The van der Waals surface area contributed by atoms with Crippen molar-refractivity contribution in [3.05, 3.63) is 47.8 Å². The average Bonchev–Trinajstić information content (AvgIpc) is 2.34. The second-order valence-electron chi connectivity index (χ2n) is 3.66. The highest BCUT2D eigenvalue weighted by atomic mass is 19.1. The molecule has 1 heterocycles. The number of rotatable bonds is 3. The molecule has 88 valence electrons. The van der Waals surface area contributed by atoms with Crippen LogP contribution < -0.4 is 16.6 Å². The van der Waals surface area contributed by atoms with Crippen molar-refractivity contribution in [2.45, 2.75) is 6.92 Å². The highest BCUT2D eigenvalue weighted by Crippen LogP contribution is 2.20. The van der Waals surface area contributed by atoms with E-state index >= 15 is 0 Å². The Bertz CT molecular complexity index is 528. The van der Waals surface area contributed by atoms with Crippen LogP contribution in [-0.4, -0.2) is 4.98 Å². The zero-order valence-electron chi connectivity index (χ0n) is 9.37. The van der Waals surface area contributed by atoms with Gasteiger partial charge in [0.05, 0.1) is 5.69 Å². The van der Waals surface area contributed by atoms with Crippen LogP contribution in [-0.2, 0) is 0 Å². The van der Waals surface area contributed by atoms with Gasteiger partial charge in [0.25, 0.3) is 0 Å². The zero-order chi connectivity index (χ0) is 12.3. The Kier molecular flexibility index (Phi) is 3.20. The molecule has 1 aromatic heterocycles. The molecule has 0 fully saturated rings. The smallest absolute Gasteiger partial charge is 0.146 e. The van der Waals surface area contributed by atoms with Crippen molar-refractivity contribution in [3.8, 4) is 0 Å². The number of aryl methyl sites for hydroxylation is 1. The molecule has 0 radical (unpaired) electrons. The summed E-state index contributed by atoms with van der Waals surface area (Å²) in [6.45, 7) is 1.90. The molecule has 0 aliphatic carbocycles. The Balaban J connectivity index is 2.27. The van der Waals surface area contributed by atoms with Crippen LogP contribution in [0.1, 0.15) is 5.56 Å². The number of hydrogen-bond acceptors (Lipinski definition) is 4. The summed E-state index contributed by atoms with van der Waals surface area (Å²) < 4.78 is 13.5. The van der Waals surface area contributed by atoms with E-state index in [2.05, 4.69) is 15.7 Å². The van der Waals surface area contributed by atoms with Crippen LogP contribution >= 0.6 is 0 Å². The first-order valence-corrected chi connectivity index (χ1v) is 5.16. The van der Waals surface area contributed by atoms with Crippen LogP contribution in [0.2, 0.25) is 0 Å². The van der Waals surface area contributed by atoms with E-state index in [1.165, 1.54) is 6.07 Å². The monoisotopic (exact) mass is 232 g/mol. The Morgan fingerprint density at radius 1 is 1.18 bits per heavy atom. The van der Waals surface area contributed by atoms with Gasteiger partial charge in [-0.05, 0) is 36.8 Å². The average molecular weight is 232 g/mol. The molecule has 0 atom stereocenters. The topological polar surface area (TPSA) is 63.0 Å². The van der Waals surface area contributed by atoms with Gasteiger partial charge in [-0.3, -0.25) is 0 Å². The van der Waals surface area contributed by atoms with Gasteiger partial charge in [0, 0.05) is 0 Å². The Labute approximate surface area is 98.6 Å². The number of nitrogens with two attached hydrogens (primary N) is 1. The van der Waals surface area contributed by atoms with E-state index in [0.29, 0.717) is 17.3 Å². The summed E-state index contributed by atoms with van der Waals surface area (Å²) in [4.78, 5) is 4.14. The molecule has 1 aromatic carbocycles. The molecule has 4 nitrogen and oxygen atoms in total. The lowest BCUT2D eigenvalue weighted by molar-refractivity contribution is 0.631. The molecule has 0 amide bonds. The van der Waals surface area contributed by atoms with Crippen molar-refractivity contribution < 1.29 is 4.39 Å². The minimum absolute atomic E-state index is 0.316. The predicted octanol–water partition coefficient (Wildman–Crippen LogP) is 2.56. The molecular weight excluding hydrogens is 219 g/mol. The number of nitrogen functional groups attached to an aromatic ring is 1. The van der Waals surface area contributed by atoms with Crippen molar-refractivity contribution in [2.24, 2.45) is 5.84 Å². The van der Waals surface area contributed by atoms with Crippen molar-refractivity contribution in [2.75, 3.05) is 10.7 Å². The van der Waals surface area contributed by atoms with Gasteiger partial charge in [0.15, 0.2) is 0 Å². The van der Waals surface area contributed by atoms with E-state index in [9.17, 15) is 4.39 Å². The summed E-state index contributed by atoms with van der Waals surface area (Å²) in [5.41, 5.74) is 3.80. The van der Waals surface area contributed by atoms with E-state index in [0.717, 1.165) is 5.56 Å². The lowest BCUT2D eigenvalue weighted by atomic mass is 10.2. The molecule has 0 saturated carbocycles. The lowest BCUT2D eigenvalue weighted by Crippen LogP contribution is -2.09. The van der Waals surface area contributed by atoms with Gasteiger partial charge in [0.1, 0.15) is 17.5 Å². The number of hydrazine groups is 1. The van der Waals surface area contributed by atoms with E-state index in [1.807, 2.05) is 6.92 Å². The first-order chi connectivity index (χ1) is 8.19. The fourth-order valence-corrected chi connectivity index (χ4v) is 1.46. The van der Waals surface area contributed by atoms with Crippen molar-refractivity contribution in [1.29, 1.82) is 0 Å². The van der Waals surface area contributed by atoms with Gasteiger partial charge in [-0.15, -0.1) is 0 Å². The first kappa shape index (κ1) is 11.3. The second-order valence-corrected chi connectivity index (χ2v) is 3.66. The maximum absolute atomic E-state index is 13.5. The number of halogens is 1. The van der Waals surface area contributed by atoms with Crippen LogP contribution in [0.4, 0.5) is 21.7 Å². The largest absolute Gasteiger partial charge is 0.338 e. The molecule has 0 bridgehead atoms. The van der Waals surface area contributed by atoms with Gasteiger partial charge in [0.2, 0.25) is 0 Å². The minimum Gasteiger partial charge on any atom is -0.338 e. The molecule has 17 heavy (non-hydrogen) atoms. The predicted molar refractivity (Wildman–Crippen MR) is 66.5 cm³/mol. The van der Waals surface area contributed by atoms with Crippen LogP contribution in [0, 0.1) is 12.7 Å². The number of anilines is 3. The van der Waals surface area contributed by atoms with Crippen LogP contribution in [0.15, 0.2) is 36.4 Å². The molecule has 0 unspecified atom stereocenters. The standard InChI is InChI=1S/C12H13FN4/c1-8-5-6-9(13)10(7-8)15-11-3-2-4-12(16-11)17-14/h2-7H,14H2,1H3,(H2,15,16,17). The van der Waals surface area contributed by atoms with Crippen LogP contribution in [0.5, 0.6) is 0 Å². The Hall–Kier alpha value is -2.14. The van der Waals surface area contributed by atoms with Crippen molar-refractivity contribution in [1.82, 2.24) is 4.98 Å². The fourth-order valence-electron chi connectivity index (χ4n) is 1.46. The van der Waals surface area contributed by atoms with Crippen LogP contribution in [0.25, 0.3) is 0 Å². The highest BCUT2D eigenvalue weighted by Gasteiger charge is 2.03. The minimum atomic E-state index is -0.316. The summed E-state index contributed by atoms with van der Waals surface area (Å²) >= 11 is 0.